The zero-order valence-electron chi connectivity index (χ0n) is 9.53. The molecule has 0 spiro atoms. The minimum Gasteiger partial charge on any atom is -0.508 e. The van der Waals surface area contributed by atoms with Gasteiger partial charge in [-0.2, -0.15) is 0 Å². The SMILES string of the molecule is CN1CCC(C)(c2ccc(O)cc2)NC1=O. The zero-order valence-corrected chi connectivity index (χ0v) is 9.53. The summed E-state index contributed by atoms with van der Waals surface area (Å²) in [4.78, 5) is 13.3. The number of aromatic hydroxyl groups is 1. The number of nitrogens with one attached hydrogen (secondary N) is 1. The fourth-order valence-electron chi connectivity index (χ4n) is 1.93. The highest BCUT2D eigenvalue weighted by molar-refractivity contribution is 5.76. The molecular weight excluding hydrogens is 204 g/mol. The molecule has 1 atom stereocenters. The summed E-state index contributed by atoms with van der Waals surface area (Å²) >= 11 is 0. The van der Waals surface area contributed by atoms with Crippen molar-refractivity contribution in [1.82, 2.24) is 10.2 Å². The molecule has 0 radical (unpaired) electrons. The molecule has 1 aliphatic heterocycles. The molecule has 1 aliphatic rings. The third-order valence-corrected chi connectivity index (χ3v) is 3.18. The number of urea groups is 1. The smallest absolute Gasteiger partial charge is 0.317 e. The molecule has 1 aromatic rings. The van der Waals surface area contributed by atoms with Crippen LogP contribution in [0.25, 0.3) is 0 Å². The molecule has 1 heterocycles. The maximum atomic E-state index is 11.6. The highest BCUT2D eigenvalue weighted by atomic mass is 16.3. The minimum atomic E-state index is -0.336. The van der Waals surface area contributed by atoms with Crippen molar-refractivity contribution in [3.8, 4) is 5.75 Å². The monoisotopic (exact) mass is 220 g/mol. The van der Waals surface area contributed by atoms with Crippen molar-refractivity contribution in [2.75, 3.05) is 13.6 Å². The second-order valence-electron chi connectivity index (χ2n) is 4.48. The van der Waals surface area contributed by atoms with Crippen molar-refractivity contribution in [3.05, 3.63) is 29.8 Å². The van der Waals surface area contributed by atoms with Gasteiger partial charge in [-0.15, -0.1) is 0 Å². The van der Waals surface area contributed by atoms with Crippen molar-refractivity contribution in [2.45, 2.75) is 18.9 Å². The summed E-state index contributed by atoms with van der Waals surface area (Å²) in [5.74, 6) is 0.242. The van der Waals surface area contributed by atoms with Gasteiger partial charge in [-0.1, -0.05) is 12.1 Å². The third-order valence-electron chi connectivity index (χ3n) is 3.18. The van der Waals surface area contributed by atoms with E-state index in [9.17, 15) is 9.90 Å². The molecule has 1 unspecified atom stereocenters. The van der Waals surface area contributed by atoms with Crippen molar-refractivity contribution >= 4 is 6.03 Å². The quantitative estimate of drug-likeness (QED) is 0.756. The van der Waals surface area contributed by atoms with E-state index in [4.69, 9.17) is 0 Å². The molecule has 1 fully saturated rings. The van der Waals surface area contributed by atoms with Crippen LogP contribution in [0.3, 0.4) is 0 Å². The van der Waals surface area contributed by atoms with Gasteiger partial charge in [0.1, 0.15) is 5.75 Å². The van der Waals surface area contributed by atoms with Gasteiger partial charge in [0.15, 0.2) is 0 Å². The molecule has 0 bridgehead atoms. The van der Waals surface area contributed by atoms with Crippen LogP contribution in [0.5, 0.6) is 5.75 Å². The Labute approximate surface area is 94.9 Å². The van der Waals surface area contributed by atoms with Gasteiger partial charge in [0, 0.05) is 13.6 Å². The zero-order chi connectivity index (χ0) is 11.8. The van der Waals surface area contributed by atoms with E-state index in [2.05, 4.69) is 5.32 Å². The number of rotatable bonds is 1. The normalized spacial score (nSPS) is 25.4. The van der Waals surface area contributed by atoms with Crippen LogP contribution in [-0.4, -0.2) is 29.6 Å². The van der Waals surface area contributed by atoms with E-state index in [0.717, 1.165) is 18.5 Å². The van der Waals surface area contributed by atoms with E-state index in [1.807, 2.05) is 19.1 Å². The third kappa shape index (κ3) is 1.83. The Kier molecular flexibility index (Phi) is 2.50. The summed E-state index contributed by atoms with van der Waals surface area (Å²) in [5, 5.41) is 12.2. The van der Waals surface area contributed by atoms with Crippen molar-refractivity contribution in [3.63, 3.8) is 0 Å². The fourth-order valence-corrected chi connectivity index (χ4v) is 1.93. The number of nitrogens with zero attached hydrogens (tertiary/aromatic N) is 1. The molecule has 0 saturated carbocycles. The van der Waals surface area contributed by atoms with Gasteiger partial charge in [0.2, 0.25) is 0 Å². The molecule has 4 heteroatoms. The molecule has 86 valence electrons. The molecule has 2 rings (SSSR count). The summed E-state index contributed by atoms with van der Waals surface area (Å²) in [5.41, 5.74) is 0.684. The molecule has 16 heavy (non-hydrogen) atoms. The lowest BCUT2D eigenvalue weighted by atomic mass is 9.87. The van der Waals surface area contributed by atoms with Gasteiger partial charge in [0.05, 0.1) is 5.54 Å². The van der Waals surface area contributed by atoms with E-state index in [0.29, 0.717) is 0 Å². The maximum absolute atomic E-state index is 11.6. The molecule has 0 aliphatic carbocycles. The average Bonchev–Trinajstić information content (AvgIpc) is 2.25. The van der Waals surface area contributed by atoms with Crippen molar-refractivity contribution in [1.29, 1.82) is 0 Å². The van der Waals surface area contributed by atoms with Crippen LogP contribution in [0.1, 0.15) is 18.9 Å². The Balaban J connectivity index is 2.25. The minimum absolute atomic E-state index is 0.0539. The van der Waals surface area contributed by atoms with E-state index < -0.39 is 0 Å². The Bertz CT molecular complexity index is 402. The topological polar surface area (TPSA) is 52.6 Å². The molecular formula is C12H16N2O2. The molecule has 0 aromatic heterocycles. The largest absolute Gasteiger partial charge is 0.508 e. The lowest BCUT2D eigenvalue weighted by Crippen LogP contribution is -2.55. The van der Waals surface area contributed by atoms with E-state index in [1.54, 1.807) is 24.1 Å². The standard InChI is InChI=1S/C12H16N2O2/c1-12(7-8-14(2)11(16)13-12)9-3-5-10(15)6-4-9/h3-6,15H,7-8H2,1-2H3,(H,13,16). The first-order valence-corrected chi connectivity index (χ1v) is 5.34. The highest BCUT2D eigenvalue weighted by Gasteiger charge is 2.34. The number of amides is 2. The first-order chi connectivity index (χ1) is 7.51. The first-order valence-electron chi connectivity index (χ1n) is 5.34. The van der Waals surface area contributed by atoms with Crippen LogP contribution < -0.4 is 5.32 Å². The lowest BCUT2D eigenvalue weighted by Gasteiger charge is -2.39. The summed E-state index contributed by atoms with van der Waals surface area (Å²) in [7, 11) is 1.78. The van der Waals surface area contributed by atoms with Crippen LogP contribution in [0.2, 0.25) is 0 Å². The van der Waals surface area contributed by atoms with Crippen LogP contribution in [0, 0.1) is 0 Å². The van der Waals surface area contributed by atoms with E-state index in [1.165, 1.54) is 0 Å². The van der Waals surface area contributed by atoms with Crippen molar-refractivity contribution < 1.29 is 9.90 Å². The second kappa shape index (κ2) is 3.70. The number of carbonyl (C=O) groups is 1. The van der Waals surface area contributed by atoms with Gasteiger partial charge in [-0.05, 0) is 31.0 Å². The van der Waals surface area contributed by atoms with Gasteiger partial charge in [-0.3, -0.25) is 0 Å². The molecule has 1 aromatic carbocycles. The van der Waals surface area contributed by atoms with Crippen LogP contribution >= 0.6 is 0 Å². The number of phenolic OH excluding ortho intramolecular Hbond substituents is 1. The number of hydrogen-bond acceptors (Lipinski definition) is 2. The number of benzene rings is 1. The molecule has 1 saturated heterocycles. The second-order valence-corrected chi connectivity index (χ2v) is 4.48. The Hall–Kier alpha value is -1.71. The van der Waals surface area contributed by atoms with E-state index >= 15 is 0 Å². The highest BCUT2D eigenvalue weighted by Crippen LogP contribution is 2.28. The Morgan fingerprint density at radius 1 is 1.38 bits per heavy atom. The molecule has 2 N–H and O–H groups in total. The van der Waals surface area contributed by atoms with E-state index in [-0.39, 0.29) is 17.3 Å². The Morgan fingerprint density at radius 3 is 2.56 bits per heavy atom. The molecule has 2 amide bonds. The number of hydrogen-bond donors (Lipinski definition) is 2. The van der Waals surface area contributed by atoms with Crippen LogP contribution in [0.4, 0.5) is 4.79 Å². The van der Waals surface area contributed by atoms with Crippen LogP contribution in [0.15, 0.2) is 24.3 Å². The Morgan fingerprint density at radius 2 is 2.00 bits per heavy atom. The molecule has 4 nitrogen and oxygen atoms in total. The fraction of sp³-hybridized carbons (Fsp3) is 0.417. The summed E-state index contributed by atoms with van der Waals surface area (Å²) < 4.78 is 0. The maximum Gasteiger partial charge on any atom is 0.317 e. The summed E-state index contributed by atoms with van der Waals surface area (Å²) in [6, 6.07) is 6.93. The average molecular weight is 220 g/mol. The predicted molar refractivity (Wildman–Crippen MR) is 61.2 cm³/mol. The van der Waals surface area contributed by atoms with Crippen LogP contribution in [-0.2, 0) is 5.54 Å². The van der Waals surface area contributed by atoms with Crippen molar-refractivity contribution in [2.24, 2.45) is 0 Å². The number of phenols is 1. The van der Waals surface area contributed by atoms with Gasteiger partial charge in [0.25, 0.3) is 0 Å². The van der Waals surface area contributed by atoms with Gasteiger partial charge < -0.3 is 15.3 Å². The van der Waals surface area contributed by atoms with Gasteiger partial charge >= 0.3 is 6.03 Å². The summed E-state index contributed by atoms with van der Waals surface area (Å²) in [6.45, 7) is 2.74. The summed E-state index contributed by atoms with van der Waals surface area (Å²) in [6.07, 6.45) is 0.861. The number of carbonyl (C=O) groups excluding carboxylic acids is 1. The lowest BCUT2D eigenvalue weighted by molar-refractivity contribution is 0.164. The predicted octanol–water partition coefficient (Wildman–Crippen LogP) is 1.65. The first kappa shape index (κ1) is 10.8. The van der Waals surface area contributed by atoms with Gasteiger partial charge in [-0.25, -0.2) is 4.79 Å².